The molecule has 0 saturated carbocycles. The molecular weight excluding hydrogens is 624 g/mol. The van der Waals surface area contributed by atoms with Crippen LogP contribution >= 0.6 is 0 Å². The van der Waals surface area contributed by atoms with Crippen molar-refractivity contribution in [3.8, 4) is 11.5 Å². The molecule has 2 aliphatic heterocycles. The molecule has 2 fully saturated rings. The molecule has 9 nitrogen and oxygen atoms in total. The molecule has 0 radical (unpaired) electrons. The predicted molar refractivity (Wildman–Crippen MR) is 203 cm³/mol. The van der Waals surface area contributed by atoms with Crippen molar-refractivity contribution in [2.45, 2.75) is 63.7 Å². The summed E-state index contributed by atoms with van der Waals surface area (Å²) in [7, 11) is 7.62. The summed E-state index contributed by atoms with van der Waals surface area (Å²) in [5, 5.41) is 6.01. The van der Waals surface area contributed by atoms with Gasteiger partial charge in [-0.25, -0.2) is 0 Å². The van der Waals surface area contributed by atoms with E-state index < -0.39 is 0 Å². The van der Waals surface area contributed by atoms with Gasteiger partial charge in [0.15, 0.2) is 0 Å². The smallest absolute Gasteiger partial charge is 0.254 e. The Morgan fingerprint density at radius 1 is 0.780 bits per heavy atom. The third kappa shape index (κ3) is 9.07. The number of hydrogen-bond acceptors (Lipinski definition) is 6. The third-order valence-electron chi connectivity index (χ3n) is 10.5. The number of ether oxygens (including phenoxy) is 2. The lowest BCUT2D eigenvalue weighted by Gasteiger charge is -2.26. The average molecular weight is 679 g/mol. The van der Waals surface area contributed by atoms with E-state index in [2.05, 4.69) is 87.7 Å². The number of methoxy groups -OCH3 is 2. The Balaban J connectivity index is 0.000000194. The highest BCUT2D eigenvalue weighted by atomic mass is 16.5. The quantitative estimate of drug-likeness (QED) is 0.116. The lowest BCUT2D eigenvalue weighted by molar-refractivity contribution is 0.0726. The number of aromatic amines is 2. The molecule has 50 heavy (non-hydrogen) atoms. The van der Waals surface area contributed by atoms with E-state index in [0.29, 0.717) is 36.2 Å². The highest BCUT2D eigenvalue weighted by Gasteiger charge is 2.25. The monoisotopic (exact) mass is 678 g/mol. The van der Waals surface area contributed by atoms with E-state index in [1.165, 1.54) is 55.2 Å². The van der Waals surface area contributed by atoms with Crippen LogP contribution in [0.25, 0.3) is 21.8 Å². The van der Waals surface area contributed by atoms with E-state index in [-0.39, 0.29) is 5.91 Å². The van der Waals surface area contributed by atoms with Crippen molar-refractivity contribution >= 4 is 27.7 Å². The van der Waals surface area contributed by atoms with Gasteiger partial charge in [0, 0.05) is 59.2 Å². The fourth-order valence-corrected chi connectivity index (χ4v) is 7.50. The molecule has 5 aromatic rings. The molecule has 3 N–H and O–H groups in total. The van der Waals surface area contributed by atoms with E-state index in [1.54, 1.807) is 32.4 Å². The number of hydrogen-bond donors (Lipinski definition) is 3. The van der Waals surface area contributed by atoms with Crippen molar-refractivity contribution in [3.63, 3.8) is 0 Å². The summed E-state index contributed by atoms with van der Waals surface area (Å²) in [4.78, 5) is 27.3. The fraction of sp³-hybridized carbons (Fsp3) is 0.439. The number of aromatic nitrogens is 2. The molecule has 2 saturated heterocycles. The van der Waals surface area contributed by atoms with Crippen LogP contribution in [0.15, 0.2) is 78.9 Å². The van der Waals surface area contributed by atoms with Crippen molar-refractivity contribution in [1.29, 1.82) is 0 Å². The topological polar surface area (TPSA) is 88.9 Å². The molecule has 4 heterocycles. The van der Waals surface area contributed by atoms with E-state index >= 15 is 0 Å². The van der Waals surface area contributed by atoms with Gasteiger partial charge < -0.3 is 39.5 Å². The first-order chi connectivity index (χ1) is 24.4. The molecule has 9 heteroatoms. The van der Waals surface area contributed by atoms with Crippen LogP contribution in [0.5, 0.6) is 11.5 Å². The first-order valence-corrected chi connectivity index (χ1v) is 18.2. The number of fused-ring (bicyclic) bond motifs is 2. The molecule has 2 unspecified atom stereocenters. The van der Waals surface area contributed by atoms with E-state index in [1.807, 2.05) is 17.0 Å². The Morgan fingerprint density at radius 2 is 1.34 bits per heavy atom. The number of benzene rings is 3. The molecule has 2 atom stereocenters. The minimum Gasteiger partial charge on any atom is -0.497 e. The number of rotatable bonds is 13. The van der Waals surface area contributed by atoms with Gasteiger partial charge in [0.05, 0.1) is 20.8 Å². The number of amides is 1. The summed E-state index contributed by atoms with van der Waals surface area (Å²) in [5.41, 5.74) is 5.20. The molecule has 0 spiro atoms. The molecule has 0 aliphatic carbocycles. The maximum absolute atomic E-state index is 13.6. The molecule has 2 aliphatic rings. The summed E-state index contributed by atoms with van der Waals surface area (Å²) < 4.78 is 10.8. The molecule has 7 rings (SSSR count). The second-order valence-corrected chi connectivity index (χ2v) is 13.9. The third-order valence-corrected chi connectivity index (χ3v) is 10.5. The first kappa shape index (κ1) is 35.5. The van der Waals surface area contributed by atoms with Crippen molar-refractivity contribution < 1.29 is 14.3 Å². The summed E-state index contributed by atoms with van der Waals surface area (Å²) in [6.07, 6.45) is 7.37. The Hall–Kier alpha value is -4.31. The van der Waals surface area contributed by atoms with Gasteiger partial charge in [-0.15, -0.1) is 0 Å². The zero-order valence-electron chi connectivity index (χ0n) is 30.2. The summed E-state index contributed by atoms with van der Waals surface area (Å²) in [5.74, 6) is 1.21. The molecular formula is C41H54N6O3. The lowest BCUT2D eigenvalue weighted by atomic mass is 10.1. The number of nitrogens with one attached hydrogen (secondary N) is 3. The van der Waals surface area contributed by atoms with Gasteiger partial charge in [0.25, 0.3) is 5.91 Å². The highest BCUT2D eigenvalue weighted by Crippen LogP contribution is 2.26. The zero-order chi connectivity index (χ0) is 34.9. The van der Waals surface area contributed by atoms with E-state index in [9.17, 15) is 4.79 Å². The van der Waals surface area contributed by atoms with Crippen molar-refractivity contribution in [2.75, 3.05) is 54.5 Å². The number of likely N-dealkylation sites (tertiary alicyclic amines) is 2. The molecule has 2 aromatic heterocycles. The Morgan fingerprint density at radius 3 is 1.90 bits per heavy atom. The Bertz CT molecular complexity index is 1740. The van der Waals surface area contributed by atoms with Crippen LogP contribution in [-0.2, 0) is 13.1 Å². The van der Waals surface area contributed by atoms with E-state index in [0.717, 1.165) is 48.7 Å². The SMILES string of the molecule is CN1CCCC1CCNCc1cc2ccccc2[nH]1.COc1cc(OC)cc(C(=O)N(CCC2CCCN2C)Cc2cc3ccccc3[nH]2)c1. The standard InChI is InChI=1S/C25H31N3O3.C16H23N3/c1-27-11-6-8-21(27)10-12-28(17-20-13-18-7-4-5-9-24(18)26-20)25(29)19-14-22(30-2)16-23(15-19)31-3;1-19-10-4-6-15(19)8-9-17-12-14-11-13-5-2-3-7-16(13)18-14/h4-5,7,9,13-16,21,26H,6,8,10-12,17H2,1-3H3;2-3,5,7,11,15,17-18H,4,6,8-10,12H2,1H3. The van der Waals surface area contributed by atoms with Gasteiger partial charge in [-0.05, 0) is 119 Å². The summed E-state index contributed by atoms with van der Waals surface area (Å²) in [6, 6.07) is 27.7. The number of carbonyl (C=O) groups excluding carboxylic acids is 1. The summed E-state index contributed by atoms with van der Waals surface area (Å²) >= 11 is 0. The van der Waals surface area contributed by atoms with Crippen molar-refractivity contribution in [2.24, 2.45) is 0 Å². The molecule has 1 amide bonds. The van der Waals surface area contributed by atoms with Crippen molar-refractivity contribution in [1.82, 2.24) is 30.0 Å². The molecule has 3 aromatic carbocycles. The minimum absolute atomic E-state index is 0.0171. The lowest BCUT2D eigenvalue weighted by Crippen LogP contribution is -2.35. The van der Waals surface area contributed by atoms with E-state index in [4.69, 9.17) is 9.47 Å². The van der Waals surface area contributed by atoms with Crippen LogP contribution in [0, 0.1) is 0 Å². The Kier molecular flexibility index (Phi) is 12.1. The number of para-hydroxylation sites is 2. The summed E-state index contributed by atoms with van der Waals surface area (Å²) in [6.45, 7) is 5.67. The van der Waals surface area contributed by atoms with Gasteiger partial charge in [0.1, 0.15) is 11.5 Å². The van der Waals surface area contributed by atoms with Crippen LogP contribution in [-0.4, -0.2) is 97.2 Å². The zero-order valence-corrected chi connectivity index (χ0v) is 30.2. The van der Waals surface area contributed by atoms with Gasteiger partial charge in [0.2, 0.25) is 0 Å². The van der Waals surface area contributed by atoms with Crippen LogP contribution < -0.4 is 14.8 Å². The Labute approximate surface area is 296 Å². The largest absolute Gasteiger partial charge is 0.497 e. The maximum Gasteiger partial charge on any atom is 0.254 e. The van der Waals surface area contributed by atoms with Gasteiger partial charge in [-0.2, -0.15) is 0 Å². The molecule has 0 bridgehead atoms. The van der Waals surface area contributed by atoms with Crippen LogP contribution in [0.1, 0.15) is 60.3 Å². The minimum atomic E-state index is -0.0171. The van der Waals surface area contributed by atoms with Crippen LogP contribution in [0.3, 0.4) is 0 Å². The normalized spacial score (nSPS) is 18.0. The number of H-pyrrole nitrogens is 2. The predicted octanol–water partition coefficient (Wildman–Crippen LogP) is 7.05. The average Bonchev–Trinajstić information content (AvgIpc) is 3.95. The second kappa shape index (κ2) is 17.1. The van der Waals surface area contributed by atoms with Crippen LogP contribution in [0.4, 0.5) is 0 Å². The maximum atomic E-state index is 13.6. The fourth-order valence-electron chi connectivity index (χ4n) is 7.50. The van der Waals surface area contributed by atoms with Gasteiger partial charge in [-0.1, -0.05) is 36.4 Å². The van der Waals surface area contributed by atoms with Crippen LogP contribution in [0.2, 0.25) is 0 Å². The van der Waals surface area contributed by atoms with Crippen molar-refractivity contribution in [3.05, 3.63) is 95.8 Å². The number of nitrogens with zero attached hydrogens (tertiary/aromatic N) is 3. The second-order valence-electron chi connectivity index (χ2n) is 13.9. The number of carbonyl (C=O) groups is 1. The molecule has 266 valence electrons. The highest BCUT2D eigenvalue weighted by molar-refractivity contribution is 5.95. The van der Waals surface area contributed by atoms with Gasteiger partial charge >= 0.3 is 0 Å². The van der Waals surface area contributed by atoms with Gasteiger partial charge in [-0.3, -0.25) is 4.79 Å². The first-order valence-electron chi connectivity index (χ1n) is 18.2.